The van der Waals surface area contributed by atoms with Crippen molar-refractivity contribution in [1.82, 2.24) is 4.98 Å². The van der Waals surface area contributed by atoms with Gasteiger partial charge in [0.15, 0.2) is 23.3 Å². The molecule has 4 nitrogen and oxygen atoms in total. The number of hydrogen-bond acceptors (Lipinski definition) is 3. The minimum absolute atomic E-state index is 0.0384. The van der Waals surface area contributed by atoms with Crippen LogP contribution in [0.15, 0.2) is 47.0 Å². The number of oxazole rings is 1. The van der Waals surface area contributed by atoms with E-state index in [1.54, 1.807) is 0 Å². The molecule has 0 atom stereocenters. The third-order valence-corrected chi connectivity index (χ3v) is 3.54. The lowest BCUT2D eigenvalue weighted by Crippen LogP contribution is -2.14. The Bertz CT molecular complexity index is 956. The number of hydrogen-bond donors (Lipinski definition) is 1. The van der Waals surface area contributed by atoms with Crippen LogP contribution in [0.5, 0.6) is 0 Å². The first-order valence-corrected chi connectivity index (χ1v) is 7.58. The van der Waals surface area contributed by atoms with Gasteiger partial charge in [-0.05, 0) is 24.3 Å². The fourth-order valence-electron chi connectivity index (χ4n) is 2.27. The highest BCUT2D eigenvalue weighted by Gasteiger charge is 2.14. The van der Waals surface area contributed by atoms with Gasteiger partial charge in [0.25, 0.3) is 0 Å². The number of rotatable bonds is 5. The Labute approximate surface area is 145 Å². The summed E-state index contributed by atoms with van der Waals surface area (Å²) < 4.78 is 58.6. The second-order valence-electron chi connectivity index (χ2n) is 5.39. The van der Waals surface area contributed by atoms with Gasteiger partial charge in [0.1, 0.15) is 11.6 Å². The zero-order valence-corrected chi connectivity index (χ0v) is 13.2. The summed E-state index contributed by atoms with van der Waals surface area (Å²) in [4.78, 5) is 15.8. The summed E-state index contributed by atoms with van der Waals surface area (Å²) in [5.41, 5.74) is -0.229. The Balaban J connectivity index is 1.63. The van der Waals surface area contributed by atoms with Crippen molar-refractivity contribution in [2.75, 3.05) is 5.32 Å². The number of amides is 1. The van der Waals surface area contributed by atoms with Crippen LogP contribution in [0.3, 0.4) is 0 Å². The van der Waals surface area contributed by atoms with E-state index in [2.05, 4.69) is 10.3 Å². The molecule has 134 valence electrons. The van der Waals surface area contributed by atoms with Gasteiger partial charge in [0.2, 0.25) is 5.91 Å². The molecule has 0 saturated carbocycles. The number of aromatic nitrogens is 1. The summed E-state index contributed by atoms with van der Waals surface area (Å²) >= 11 is 0. The first-order chi connectivity index (χ1) is 12.4. The van der Waals surface area contributed by atoms with Gasteiger partial charge in [-0.2, -0.15) is 0 Å². The van der Waals surface area contributed by atoms with Crippen molar-refractivity contribution in [1.29, 1.82) is 0 Å². The molecule has 0 aliphatic carbocycles. The highest BCUT2D eigenvalue weighted by Crippen LogP contribution is 2.24. The van der Waals surface area contributed by atoms with E-state index in [1.807, 2.05) is 0 Å². The molecule has 1 heterocycles. The van der Waals surface area contributed by atoms with Crippen molar-refractivity contribution in [3.05, 3.63) is 71.8 Å². The molecule has 1 amide bonds. The SMILES string of the molecule is O=C(CCc1ncc(-c2ccc(F)cc2F)o1)Nc1cccc(F)c1F. The molecule has 0 bridgehead atoms. The number of anilines is 1. The van der Waals surface area contributed by atoms with Crippen LogP contribution in [-0.2, 0) is 11.2 Å². The van der Waals surface area contributed by atoms with Gasteiger partial charge in [-0.3, -0.25) is 4.79 Å². The number of carbonyl (C=O) groups excluding carboxylic acids is 1. The lowest BCUT2D eigenvalue weighted by molar-refractivity contribution is -0.116. The minimum atomic E-state index is -1.15. The van der Waals surface area contributed by atoms with Gasteiger partial charge in [-0.1, -0.05) is 6.07 Å². The van der Waals surface area contributed by atoms with Gasteiger partial charge < -0.3 is 9.73 Å². The summed E-state index contributed by atoms with van der Waals surface area (Å²) in [5.74, 6) is -4.05. The highest BCUT2D eigenvalue weighted by molar-refractivity contribution is 5.90. The number of carbonyl (C=O) groups is 1. The van der Waals surface area contributed by atoms with Gasteiger partial charge in [-0.15, -0.1) is 0 Å². The first-order valence-electron chi connectivity index (χ1n) is 7.58. The molecule has 0 fully saturated rings. The lowest BCUT2D eigenvalue weighted by Gasteiger charge is -2.05. The van der Waals surface area contributed by atoms with Gasteiger partial charge in [0.05, 0.1) is 17.4 Å². The van der Waals surface area contributed by atoms with E-state index in [0.717, 1.165) is 18.2 Å². The molecule has 0 spiro atoms. The van der Waals surface area contributed by atoms with Crippen molar-refractivity contribution in [3.63, 3.8) is 0 Å². The molecular formula is C18H12F4N2O2. The maximum absolute atomic E-state index is 13.7. The number of halogens is 4. The van der Waals surface area contributed by atoms with E-state index < -0.39 is 29.2 Å². The Morgan fingerprint density at radius 2 is 1.88 bits per heavy atom. The molecule has 3 rings (SSSR count). The van der Waals surface area contributed by atoms with E-state index in [9.17, 15) is 22.4 Å². The molecule has 26 heavy (non-hydrogen) atoms. The Kier molecular flexibility index (Phi) is 5.01. The summed E-state index contributed by atoms with van der Waals surface area (Å²) in [6, 6.07) is 6.46. The number of aryl methyl sites for hydroxylation is 1. The monoisotopic (exact) mass is 364 g/mol. The van der Waals surface area contributed by atoms with Crippen LogP contribution in [0.2, 0.25) is 0 Å². The standard InChI is InChI=1S/C18H12F4N2O2/c19-10-4-5-11(13(21)8-10)15-9-23-17(26-15)7-6-16(25)24-14-3-1-2-12(20)18(14)22/h1-5,8-9H,6-7H2,(H,24,25). The van der Waals surface area contributed by atoms with E-state index >= 15 is 0 Å². The molecule has 0 saturated heterocycles. The van der Waals surface area contributed by atoms with Gasteiger partial charge >= 0.3 is 0 Å². The highest BCUT2D eigenvalue weighted by atomic mass is 19.2. The largest absolute Gasteiger partial charge is 0.441 e. The number of benzene rings is 2. The Hall–Kier alpha value is -3.16. The molecular weight excluding hydrogens is 352 g/mol. The average molecular weight is 364 g/mol. The van der Waals surface area contributed by atoms with Crippen molar-refractivity contribution in [2.45, 2.75) is 12.8 Å². The first kappa shape index (κ1) is 17.7. The number of nitrogens with zero attached hydrogens (tertiary/aromatic N) is 1. The normalized spacial score (nSPS) is 10.8. The second kappa shape index (κ2) is 7.38. The zero-order chi connectivity index (χ0) is 18.7. The second-order valence-corrected chi connectivity index (χ2v) is 5.39. The fourth-order valence-corrected chi connectivity index (χ4v) is 2.27. The zero-order valence-electron chi connectivity index (χ0n) is 13.2. The van der Waals surface area contributed by atoms with E-state index in [0.29, 0.717) is 0 Å². The maximum Gasteiger partial charge on any atom is 0.224 e. The molecule has 1 aromatic heterocycles. The van der Waals surface area contributed by atoms with Crippen LogP contribution in [0.1, 0.15) is 12.3 Å². The van der Waals surface area contributed by atoms with E-state index in [1.165, 1.54) is 24.4 Å². The molecule has 0 aliphatic rings. The quantitative estimate of drug-likeness (QED) is 0.680. The van der Waals surface area contributed by atoms with Crippen LogP contribution < -0.4 is 5.32 Å². The van der Waals surface area contributed by atoms with Crippen molar-refractivity contribution < 1.29 is 26.8 Å². The van der Waals surface area contributed by atoms with Gasteiger partial charge in [0, 0.05) is 18.9 Å². The third kappa shape index (κ3) is 3.90. The molecule has 0 unspecified atom stereocenters. The van der Waals surface area contributed by atoms with Crippen LogP contribution in [0.25, 0.3) is 11.3 Å². The summed E-state index contributed by atoms with van der Waals surface area (Å²) in [6.07, 6.45) is 1.21. The molecule has 3 aromatic rings. The lowest BCUT2D eigenvalue weighted by atomic mass is 10.2. The predicted molar refractivity (Wildman–Crippen MR) is 85.2 cm³/mol. The number of nitrogens with one attached hydrogen (secondary N) is 1. The molecule has 0 radical (unpaired) electrons. The van der Waals surface area contributed by atoms with Crippen LogP contribution in [-0.4, -0.2) is 10.9 Å². The molecule has 1 N–H and O–H groups in total. The molecule has 0 aliphatic heterocycles. The molecule has 2 aromatic carbocycles. The van der Waals surface area contributed by atoms with Gasteiger partial charge in [-0.25, -0.2) is 22.5 Å². The van der Waals surface area contributed by atoms with Crippen molar-refractivity contribution >= 4 is 11.6 Å². The molecule has 8 heteroatoms. The third-order valence-electron chi connectivity index (χ3n) is 3.54. The van der Waals surface area contributed by atoms with Crippen LogP contribution in [0.4, 0.5) is 23.2 Å². The van der Waals surface area contributed by atoms with Crippen molar-refractivity contribution in [2.24, 2.45) is 0 Å². The van der Waals surface area contributed by atoms with Crippen LogP contribution >= 0.6 is 0 Å². The van der Waals surface area contributed by atoms with E-state index in [4.69, 9.17) is 4.42 Å². The summed E-state index contributed by atoms with van der Waals surface area (Å²) in [5, 5.41) is 2.25. The average Bonchev–Trinajstić information content (AvgIpc) is 3.06. The summed E-state index contributed by atoms with van der Waals surface area (Å²) in [6.45, 7) is 0. The fraction of sp³-hybridized carbons (Fsp3) is 0.111. The Morgan fingerprint density at radius 3 is 2.65 bits per heavy atom. The topological polar surface area (TPSA) is 55.1 Å². The van der Waals surface area contributed by atoms with Crippen LogP contribution in [0, 0.1) is 23.3 Å². The maximum atomic E-state index is 13.7. The predicted octanol–water partition coefficient (Wildman–Crippen LogP) is 4.47. The smallest absolute Gasteiger partial charge is 0.224 e. The van der Waals surface area contributed by atoms with Crippen molar-refractivity contribution in [3.8, 4) is 11.3 Å². The van der Waals surface area contributed by atoms with E-state index in [-0.39, 0.29) is 35.7 Å². The minimum Gasteiger partial charge on any atom is -0.441 e. The Morgan fingerprint density at radius 1 is 1.08 bits per heavy atom. The summed E-state index contributed by atoms with van der Waals surface area (Å²) in [7, 11) is 0.